The van der Waals surface area contributed by atoms with E-state index in [1.807, 2.05) is 138 Å². The molecule has 0 unspecified atom stereocenters. The van der Waals surface area contributed by atoms with Crippen molar-refractivity contribution in [2.24, 2.45) is 0 Å². The van der Waals surface area contributed by atoms with E-state index in [9.17, 15) is 21.6 Å². The van der Waals surface area contributed by atoms with E-state index in [2.05, 4.69) is 47.0 Å². The lowest BCUT2D eigenvalue weighted by atomic mass is 10.0. The molecule has 0 saturated heterocycles. The molecule has 10 heteroatoms. The summed E-state index contributed by atoms with van der Waals surface area (Å²) in [6.07, 6.45) is 0. The molecule has 0 saturated carbocycles. The van der Waals surface area contributed by atoms with Gasteiger partial charge in [-0.1, -0.05) is 109 Å². The van der Waals surface area contributed by atoms with Gasteiger partial charge in [0.2, 0.25) is 0 Å². The van der Waals surface area contributed by atoms with Gasteiger partial charge in [0.05, 0.1) is 21.4 Å². The summed E-state index contributed by atoms with van der Waals surface area (Å²) in [6.45, 7) is 0. The Morgan fingerprint density at radius 3 is 1.78 bits per heavy atom. The van der Waals surface area contributed by atoms with Crippen molar-refractivity contribution in [3.63, 3.8) is 0 Å². The average molecular weight is 817 g/mol. The van der Waals surface area contributed by atoms with Crippen LogP contribution in [0.25, 0.3) is 69.9 Å². The summed E-state index contributed by atoms with van der Waals surface area (Å²) < 4.78 is 75.3. The van der Waals surface area contributed by atoms with Crippen LogP contribution in [0.1, 0.15) is 0 Å². The Balaban J connectivity index is 1.17. The fourth-order valence-electron chi connectivity index (χ4n) is 7.85. The van der Waals surface area contributed by atoms with Gasteiger partial charge in [-0.2, -0.15) is 21.6 Å². The predicted molar refractivity (Wildman–Crippen MR) is 235 cm³/mol. The molecular formula is C49H31F3N2O3S2. The third-order valence-corrected chi connectivity index (χ3v) is 12.7. The zero-order valence-corrected chi connectivity index (χ0v) is 32.6. The molecule has 10 rings (SSSR count). The summed E-state index contributed by atoms with van der Waals surface area (Å²) in [5.74, 6) is -0.452. The van der Waals surface area contributed by atoms with Crippen LogP contribution in [0.5, 0.6) is 5.75 Å². The molecule has 10 aromatic rings. The summed E-state index contributed by atoms with van der Waals surface area (Å²) in [5, 5.41) is 3.48. The summed E-state index contributed by atoms with van der Waals surface area (Å²) in [6, 6.07) is 60.8. The highest BCUT2D eigenvalue weighted by atomic mass is 32.2. The highest BCUT2D eigenvalue weighted by Gasteiger charge is 2.48. The first-order chi connectivity index (χ1) is 28.6. The molecule has 2 heterocycles. The number of rotatable bonds is 8. The molecular weight excluding hydrogens is 786 g/mol. The van der Waals surface area contributed by atoms with E-state index in [0.717, 1.165) is 70.2 Å². The van der Waals surface area contributed by atoms with E-state index in [1.54, 1.807) is 0 Å². The van der Waals surface area contributed by atoms with Gasteiger partial charge in [0, 0.05) is 49.4 Å². The average Bonchev–Trinajstić information content (AvgIpc) is 3.79. The lowest BCUT2D eigenvalue weighted by Crippen LogP contribution is -2.28. The summed E-state index contributed by atoms with van der Waals surface area (Å²) >= 11 is 1.48. The smallest absolute Gasteiger partial charge is 0.376 e. The van der Waals surface area contributed by atoms with E-state index < -0.39 is 21.4 Å². The van der Waals surface area contributed by atoms with Crippen LogP contribution in [0.2, 0.25) is 0 Å². The van der Waals surface area contributed by atoms with Gasteiger partial charge >= 0.3 is 15.6 Å². The van der Waals surface area contributed by atoms with Gasteiger partial charge < -0.3 is 13.7 Å². The molecule has 8 aromatic carbocycles. The minimum absolute atomic E-state index is 0.452. The van der Waals surface area contributed by atoms with Gasteiger partial charge in [-0.3, -0.25) is 0 Å². The second-order valence-electron chi connectivity index (χ2n) is 14.1. The van der Waals surface area contributed by atoms with Crippen molar-refractivity contribution < 1.29 is 25.8 Å². The quantitative estimate of drug-likeness (QED) is 0.113. The number of hydrogen-bond acceptors (Lipinski definition) is 5. The molecule has 288 valence electrons. The molecule has 0 spiro atoms. The number of para-hydroxylation sites is 3. The molecule has 0 atom stereocenters. The first kappa shape index (κ1) is 36.5. The summed E-state index contributed by atoms with van der Waals surface area (Å²) in [7, 11) is -5.99. The van der Waals surface area contributed by atoms with Crippen molar-refractivity contribution in [2.45, 2.75) is 5.51 Å². The van der Waals surface area contributed by atoms with Crippen LogP contribution in [0.3, 0.4) is 0 Å². The van der Waals surface area contributed by atoms with Crippen LogP contribution in [-0.2, 0) is 10.1 Å². The number of aromatic nitrogens is 1. The van der Waals surface area contributed by atoms with Crippen molar-refractivity contribution in [2.75, 3.05) is 4.90 Å². The van der Waals surface area contributed by atoms with E-state index in [-0.39, 0.29) is 0 Å². The first-order valence-electron chi connectivity index (χ1n) is 18.7. The zero-order valence-electron chi connectivity index (χ0n) is 31.0. The molecule has 2 aromatic heterocycles. The Labute approximate surface area is 341 Å². The van der Waals surface area contributed by atoms with Crippen molar-refractivity contribution in [3.8, 4) is 33.7 Å². The van der Waals surface area contributed by atoms with Gasteiger partial charge in [0.1, 0.15) is 5.75 Å². The minimum Gasteiger partial charge on any atom is -0.376 e. The molecule has 5 nitrogen and oxygen atoms in total. The number of alkyl halides is 3. The highest BCUT2D eigenvalue weighted by Crippen LogP contribution is 2.48. The summed E-state index contributed by atoms with van der Waals surface area (Å²) in [5.41, 5.74) is 3.32. The van der Waals surface area contributed by atoms with Crippen LogP contribution in [0, 0.1) is 0 Å². The number of hydrogen-bond donors (Lipinski definition) is 0. The molecule has 59 heavy (non-hydrogen) atoms. The minimum atomic E-state index is -5.99. The monoisotopic (exact) mass is 816 g/mol. The second kappa shape index (κ2) is 14.2. The fourth-order valence-corrected chi connectivity index (χ4v) is 9.46. The third kappa shape index (κ3) is 6.47. The Hall–Kier alpha value is -6.88. The highest BCUT2D eigenvalue weighted by molar-refractivity contribution is 7.88. The van der Waals surface area contributed by atoms with Crippen molar-refractivity contribution >= 4 is 80.5 Å². The van der Waals surface area contributed by atoms with Gasteiger partial charge in [-0.15, -0.1) is 11.3 Å². The Morgan fingerprint density at radius 1 is 0.508 bits per heavy atom. The normalized spacial score (nSPS) is 12.1. The second-order valence-corrected chi connectivity index (χ2v) is 16.7. The molecule has 0 bridgehead atoms. The topological polar surface area (TPSA) is 51.5 Å². The predicted octanol–water partition coefficient (Wildman–Crippen LogP) is 14.2. The van der Waals surface area contributed by atoms with Gasteiger partial charge in [0.25, 0.3) is 0 Å². The molecule has 0 N–H and O–H groups in total. The van der Waals surface area contributed by atoms with Crippen LogP contribution in [0.15, 0.2) is 188 Å². The van der Waals surface area contributed by atoms with E-state index >= 15 is 0 Å². The first-order valence-corrected chi connectivity index (χ1v) is 21.0. The molecule has 0 amide bonds. The number of nitrogens with zero attached hydrogens (tertiary/aromatic N) is 2. The van der Waals surface area contributed by atoms with E-state index in [1.165, 1.54) is 23.5 Å². The van der Waals surface area contributed by atoms with Crippen molar-refractivity contribution in [1.82, 2.24) is 4.57 Å². The van der Waals surface area contributed by atoms with Crippen LogP contribution in [0.4, 0.5) is 30.2 Å². The maximum Gasteiger partial charge on any atom is 0.534 e. The van der Waals surface area contributed by atoms with Crippen molar-refractivity contribution in [1.29, 1.82) is 0 Å². The van der Waals surface area contributed by atoms with E-state index in [4.69, 9.17) is 4.18 Å². The maximum absolute atomic E-state index is 13.8. The van der Waals surface area contributed by atoms with Gasteiger partial charge in [-0.25, -0.2) is 0 Å². The lowest BCUT2D eigenvalue weighted by Gasteiger charge is -2.26. The number of thiophene rings is 1. The van der Waals surface area contributed by atoms with Crippen LogP contribution in [-0.4, -0.2) is 18.5 Å². The van der Waals surface area contributed by atoms with Gasteiger partial charge in [-0.05, 0) is 95.1 Å². The number of halogens is 3. The standard InChI is InChI=1S/C49H31F3N2O3S2/c50-49(51,52)59(55,56)57-39-30-43-42-29-35(34-22-26-45-41(28-34)40-18-10-11-19-44(40)54(45)37-16-8-3-9-17-37)23-27-47(42)58-48(43)46(31-39)53(36-14-6-2-7-15-36)38-24-20-33(21-25-38)32-12-4-1-5-13-32/h1-31H. The largest absolute Gasteiger partial charge is 0.534 e. The van der Waals surface area contributed by atoms with Crippen LogP contribution < -0.4 is 9.08 Å². The third-order valence-electron chi connectivity index (χ3n) is 10.5. The van der Waals surface area contributed by atoms with Gasteiger partial charge in [0.15, 0.2) is 0 Å². The Kier molecular flexibility index (Phi) is 8.77. The number of anilines is 3. The SMILES string of the molecule is O=S(=O)(Oc1cc(N(c2ccccc2)c2ccc(-c3ccccc3)cc2)c2sc3ccc(-c4ccc5c(c4)c4ccccc4n5-c4ccccc4)cc3c2c1)C(F)(F)F. The zero-order chi connectivity index (χ0) is 40.3. The van der Waals surface area contributed by atoms with Crippen molar-refractivity contribution in [3.05, 3.63) is 188 Å². The van der Waals surface area contributed by atoms with E-state index in [0.29, 0.717) is 16.8 Å². The molecule has 0 aliphatic rings. The fraction of sp³-hybridized carbons (Fsp3) is 0.0204. The molecule has 0 aliphatic heterocycles. The maximum atomic E-state index is 13.8. The number of fused-ring (bicyclic) bond motifs is 6. The molecule has 0 radical (unpaired) electrons. The lowest BCUT2D eigenvalue weighted by molar-refractivity contribution is -0.0500. The number of benzene rings is 8. The molecule has 0 fully saturated rings. The Bertz CT molecular complexity index is 3290. The summed E-state index contributed by atoms with van der Waals surface area (Å²) in [4.78, 5) is 1.91. The molecule has 0 aliphatic carbocycles. The van der Waals surface area contributed by atoms with Crippen LogP contribution >= 0.6 is 11.3 Å². The Morgan fingerprint density at radius 2 is 1.07 bits per heavy atom.